The second kappa shape index (κ2) is 10.9. The van der Waals surface area contributed by atoms with E-state index in [0.717, 1.165) is 5.33 Å². The minimum Gasteiger partial charge on any atom is -0.301 e. The van der Waals surface area contributed by atoms with E-state index in [4.69, 9.17) is 0 Å². The van der Waals surface area contributed by atoms with Crippen LogP contribution in [0.1, 0.15) is 13.3 Å². The fourth-order valence-electron chi connectivity index (χ4n) is 1.61. The van der Waals surface area contributed by atoms with Crippen molar-refractivity contribution in [1.82, 2.24) is 9.80 Å². The summed E-state index contributed by atoms with van der Waals surface area (Å²) in [4.78, 5) is 5.08. The topological polar surface area (TPSA) is 6.48 Å². The summed E-state index contributed by atoms with van der Waals surface area (Å²) in [5.74, 6) is 0. The van der Waals surface area contributed by atoms with E-state index in [2.05, 4.69) is 32.7 Å². The molecule has 0 aliphatic carbocycles. The molecule has 1 fully saturated rings. The maximum Gasteiger partial charge on any atom is 0.0110 e. The quantitative estimate of drug-likeness (QED) is 0.674. The SMILES string of the molecule is Br.Br.CCN1CCN(CCCBr)CC1. The van der Waals surface area contributed by atoms with Gasteiger partial charge in [0.25, 0.3) is 0 Å². The summed E-state index contributed by atoms with van der Waals surface area (Å²) in [6, 6.07) is 0. The molecule has 1 aliphatic rings. The van der Waals surface area contributed by atoms with Crippen LogP contribution in [-0.2, 0) is 0 Å². The second-order valence-electron chi connectivity index (χ2n) is 3.32. The zero-order valence-electron chi connectivity index (χ0n) is 8.75. The Morgan fingerprint density at radius 3 is 1.93 bits per heavy atom. The van der Waals surface area contributed by atoms with Crippen molar-refractivity contribution in [3.63, 3.8) is 0 Å². The molecule has 88 valence electrons. The molecule has 14 heavy (non-hydrogen) atoms. The zero-order valence-corrected chi connectivity index (χ0v) is 13.8. The molecule has 1 rings (SSSR count). The fourth-order valence-corrected chi connectivity index (χ4v) is 1.86. The third-order valence-electron chi connectivity index (χ3n) is 2.52. The smallest absolute Gasteiger partial charge is 0.0110 e. The number of likely N-dealkylation sites (N-methyl/N-ethyl adjacent to an activating group) is 1. The number of hydrogen-bond acceptors (Lipinski definition) is 2. The highest BCUT2D eigenvalue weighted by Gasteiger charge is 2.13. The molecule has 0 bridgehead atoms. The predicted molar refractivity (Wildman–Crippen MR) is 77.6 cm³/mol. The highest BCUT2D eigenvalue weighted by Crippen LogP contribution is 2.02. The molecule has 1 saturated heterocycles. The van der Waals surface area contributed by atoms with Crippen molar-refractivity contribution in [1.29, 1.82) is 0 Å². The zero-order chi connectivity index (χ0) is 8.81. The molecule has 0 radical (unpaired) electrons. The van der Waals surface area contributed by atoms with Gasteiger partial charge in [0.1, 0.15) is 0 Å². The lowest BCUT2D eigenvalue weighted by atomic mass is 10.3. The Bertz CT molecular complexity index is 117. The van der Waals surface area contributed by atoms with Crippen LogP contribution in [0.25, 0.3) is 0 Å². The van der Waals surface area contributed by atoms with E-state index in [1.165, 1.54) is 45.7 Å². The highest BCUT2D eigenvalue weighted by atomic mass is 79.9. The second-order valence-corrected chi connectivity index (χ2v) is 4.11. The first-order valence-electron chi connectivity index (χ1n) is 4.87. The van der Waals surface area contributed by atoms with E-state index in [1.54, 1.807) is 0 Å². The third-order valence-corrected chi connectivity index (χ3v) is 3.08. The molecule has 0 N–H and O–H groups in total. The molecular formula is C9H21Br3N2. The predicted octanol–water partition coefficient (Wildman–Crippen LogP) is 2.56. The lowest BCUT2D eigenvalue weighted by Crippen LogP contribution is -2.46. The van der Waals surface area contributed by atoms with Crippen LogP contribution in [0.15, 0.2) is 0 Å². The summed E-state index contributed by atoms with van der Waals surface area (Å²) in [6.45, 7) is 9.78. The van der Waals surface area contributed by atoms with Gasteiger partial charge in [0.05, 0.1) is 0 Å². The molecule has 0 amide bonds. The van der Waals surface area contributed by atoms with Gasteiger partial charge in [-0.1, -0.05) is 22.9 Å². The van der Waals surface area contributed by atoms with Gasteiger partial charge < -0.3 is 9.80 Å². The van der Waals surface area contributed by atoms with Gasteiger partial charge in [0, 0.05) is 31.5 Å². The maximum atomic E-state index is 3.46. The van der Waals surface area contributed by atoms with Crippen molar-refractivity contribution in [3.05, 3.63) is 0 Å². The van der Waals surface area contributed by atoms with Gasteiger partial charge in [-0.2, -0.15) is 0 Å². The Labute approximate surface area is 117 Å². The van der Waals surface area contributed by atoms with Gasteiger partial charge in [-0.05, 0) is 19.5 Å². The molecule has 2 nitrogen and oxygen atoms in total. The highest BCUT2D eigenvalue weighted by molar-refractivity contribution is 9.09. The number of nitrogens with zero attached hydrogens (tertiary/aromatic N) is 2. The van der Waals surface area contributed by atoms with Crippen molar-refractivity contribution in [3.8, 4) is 0 Å². The van der Waals surface area contributed by atoms with Crippen LogP contribution in [0.5, 0.6) is 0 Å². The van der Waals surface area contributed by atoms with Gasteiger partial charge in [0.15, 0.2) is 0 Å². The van der Waals surface area contributed by atoms with E-state index in [9.17, 15) is 0 Å². The Balaban J connectivity index is 0. The summed E-state index contributed by atoms with van der Waals surface area (Å²) in [5, 5.41) is 1.14. The molecule has 0 saturated carbocycles. The molecule has 0 spiro atoms. The summed E-state index contributed by atoms with van der Waals surface area (Å²) in [7, 11) is 0. The van der Waals surface area contributed by atoms with Crippen molar-refractivity contribution >= 4 is 49.9 Å². The van der Waals surface area contributed by atoms with E-state index >= 15 is 0 Å². The number of alkyl halides is 1. The summed E-state index contributed by atoms with van der Waals surface area (Å²) in [6.07, 6.45) is 1.28. The van der Waals surface area contributed by atoms with Gasteiger partial charge in [-0.25, -0.2) is 0 Å². The Hall–Kier alpha value is 1.36. The van der Waals surface area contributed by atoms with Gasteiger partial charge in [0.2, 0.25) is 0 Å². The van der Waals surface area contributed by atoms with Crippen molar-refractivity contribution in [2.24, 2.45) is 0 Å². The fraction of sp³-hybridized carbons (Fsp3) is 1.00. The minimum absolute atomic E-state index is 0. The normalized spacial score (nSPS) is 18.4. The van der Waals surface area contributed by atoms with Crippen molar-refractivity contribution in [2.45, 2.75) is 13.3 Å². The Morgan fingerprint density at radius 1 is 1.00 bits per heavy atom. The lowest BCUT2D eigenvalue weighted by molar-refractivity contribution is 0.138. The first-order valence-corrected chi connectivity index (χ1v) is 5.99. The van der Waals surface area contributed by atoms with Crippen molar-refractivity contribution < 1.29 is 0 Å². The number of hydrogen-bond donors (Lipinski definition) is 0. The molecule has 0 aromatic carbocycles. The monoisotopic (exact) mass is 394 g/mol. The molecule has 1 heterocycles. The largest absolute Gasteiger partial charge is 0.301 e. The minimum atomic E-state index is 0. The van der Waals surface area contributed by atoms with Crippen molar-refractivity contribution in [2.75, 3.05) is 44.6 Å². The van der Waals surface area contributed by atoms with Crippen LogP contribution in [0.2, 0.25) is 0 Å². The van der Waals surface area contributed by atoms with Crippen LogP contribution >= 0.6 is 49.9 Å². The molecular weight excluding hydrogens is 376 g/mol. The first-order chi connectivity index (χ1) is 5.86. The van der Waals surface area contributed by atoms with E-state index in [0.29, 0.717) is 0 Å². The van der Waals surface area contributed by atoms with E-state index in [-0.39, 0.29) is 34.0 Å². The van der Waals surface area contributed by atoms with Crippen LogP contribution < -0.4 is 0 Å². The first kappa shape index (κ1) is 17.7. The number of piperazine rings is 1. The van der Waals surface area contributed by atoms with Crippen LogP contribution in [-0.4, -0.2) is 54.4 Å². The van der Waals surface area contributed by atoms with Crippen LogP contribution in [0.4, 0.5) is 0 Å². The van der Waals surface area contributed by atoms with Gasteiger partial charge >= 0.3 is 0 Å². The maximum absolute atomic E-state index is 3.46. The summed E-state index contributed by atoms with van der Waals surface area (Å²) >= 11 is 3.46. The third kappa shape index (κ3) is 6.77. The summed E-state index contributed by atoms with van der Waals surface area (Å²) in [5.41, 5.74) is 0. The number of rotatable bonds is 4. The molecule has 0 unspecified atom stereocenters. The molecule has 0 aromatic rings. The van der Waals surface area contributed by atoms with E-state index in [1.807, 2.05) is 0 Å². The molecule has 5 heteroatoms. The number of halogens is 3. The Morgan fingerprint density at radius 2 is 1.50 bits per heavy atom. The van der Waals surface area contributed by atoms with E-state index < -0.39 is 0 Å². The van der Waals surface area contributed by atoms with Gasteiger partial charge in [-0.15, -0.1) is 34.0 Å². The Kier molecular flexibility index (Phi) is 13.8. The average Bonchev–Trinajstić information content (AvgIpc) is 2.15. The molecule has 1 aliphatic heterocycles. The van der Waals surface area contributed by atoms with Crippen LogP contribution in [0.3, 0.4) is 0 Å². The molecule has 0 atom stereocenters. The molecule has 0 aromatic heterocycles. The van der Waals surface area contributed by atoms with Crippen LogP contribution in [0, 0.1) is 0 Å². The average molecular weight is 397 g/mol. The summed E-state index contributed by atoms with van der Waals surface area (Å²) < 4.78 is 0. The standard InChI is InChI=1S/C9H19BrN2.2BrH/c1-2-11-6-8-12(9-7-11)5-3-4-10;;/h2-9H2,1H3;2*1H. The lowest BCUT2D eigenvalue weighted by Gasteiger charge is -2.33. The van der Waals surface area contributed by atoms with Gasteiger partial charge in [-0.3, -0.25) is 0 Å².